The van der Waals surface area contributed by atoms with E-state index in [4.69, 9.17) is 5.73 Å². The van der Waals surface area contributed by atoms with Crippen molar-refractivity contribution in [2.45, 2.75) is 46.5 Å². The molecule has 0 aromatic heterocycles. The van der Waals surface area contributed by atoms with Crippen LogP contribution >= 0.6 is 12.4 Å². The van der Waals surface area contributed by atoms with Crippen LogP contribution in [0.15, 0.2) is 0 Å². The Hall–Kier alpha value is -0.280. The van der Waals surface area contributed by atoms with Crippen LogP contribution in [0.5, 0.6) is 0 Å². The van der Waals surface area contributed by atoms with E-state index in [1.165, 1.54) is 19.3 Å². The number of hydrogen-bond acceptors (Lipinski definition) is 2. The monoisotopic (exact) mass is 250 g/mol. The minimum atomic E-state index is -0.0614. The standard InChI is InChI=1S/C12H26N2O.ClH/c1-4-6-7-11(5-2)9-14-12(15)10(3)8-13;/h10-11H,4-9,13H2,1-3H3,(H,14,15);1H. The van der Waals surface area contributed by atoms with Crippen molar-refractivity contribution in [3.8, 4) is 0 Å². The van der Waals surface area contributed by atoms with Gasteiger partial charge in [-0.25, -0.2) is 0 Å². The highest BCUT2D eigenvalue weighted by Gasteiger charge is 2.12. The molecule has 0 bridgehead atoms. The molecule has 16 heavy (non-hydrogen) atoms. The van der Waals surface area contributed by atoms with Crippen LogP contribution in [0.4, 0.5) is 0 Å². The fourth-order valence-corrected chi connectivity index (χ4v) is 1.47. The first-order chi connectivity index (χ1) is 7.15. The van der Waals surface area contributed by atoms with Crippen LogP contribution in [0.25, 0.3) is 0 Å². The van der Waals surface area contributed by atoms with Crippen LogP contribution in [-0.2, 0) is 4.79 Å². The molecule has 0 fully saturated rings. The summed E-state index contributed by atoms with van der Waals surface area (Å²) in [6, 6.07) is 0. The fraction of sp³-hybridized carbons (Fsp3) is 0.917. The van der Waals surface area contributed by atoms with Gasteiger partial charge in [0.05, 0.1) is 0 Å². The third kappa shape index (κ3) is 7.94. The molecular weight excluding hydrogens is 224 g/mol. The van der Waals surface area contributed by atoms with E-state index < -0.39 is 0 Å². The molecule has 0 aliphatic rings. The molecule has 3 nitrogen and oxygen atoms in total. The summed E-state index contributed by atoms with van der Waals surface area (Å²) < 4.78 is 0. The average Bonchev–Trinajstić information content (AvgIpc) is 2.27. The van der Waals surface area contributed by atoms with E-state index in [-0.39, 0.29) is 24.2 Å². The second-order valence-corrected chi connectivity index (χ2v) is 4.30. The molecule has 0 saturated carbocycles. The summed E-state index contributed by atoms with van der Waals surface area (Å²) in [5.41, 5.74) is 5.43. The highest BCUT2D eigenvalue weighted by Crippen LogP contribution is 2.11. The molecule has 0 spiro atoms. The Morgan fingerprint density at radius 2 is 2.00 bits per heavy atom. The van der Waals surface area contributed by atoms with E-state index in [0.29, 0.717) is 12.5 Å². The zero-order valence-electron chi connectivity index (χ0n) is 10.8. The van der Waals surface area contributed by atoms with Gasteiger partial charge in [0.2, 0.25) is 5.91 Å². The number of carbonyl (C=O) groups is 1. The van der Waals surface area contributed by atoms with E-state index in [9.17, 15) is 4.79 Å². The molecule has 2 atom stereocenters. The van der Waals surface area contributed by atoms with Gasteiger partial charge in [0.1, 0.15) is 0 Å². The van der Waals surface area contributed by atoms with Crippen molar-refractivity contribution in [2.75, 3.05) is 13.1 Å². The second kappa shape index (κ2) is 11.2. The summed E-state index contributed by atoms with van der Waals surface area (Å²) in [6.07, 6.45) is 4.83. The number of amides is 1. The van der Waals surface area contributed by atoms with Gasteiger partial charge in [-0.15, -0.1) is 12.4 Å². The van der Waals surface area contributed by atoms with Gasteiger partial charge in [0.15, 0.2) is 0 Å². The molecule has 0 aromatic carbocycles. The topological polar surface area (TPSA) is 55.1 Å². The van der Waals surface area contributed by atoms with Gasteiger partial charge in [0.25, 0.3) is 0 Å². The predicted molar refractivity (Wildman–Crippen MR) is 71.8 cm³/mol. The minimum absolute atomic E-state index is 0. The Morgan fingerprint density at radius 3 is 2.44 bits per heavy atom. The fourth-order valence-electron chi connectivity index (χ4n) is 1.47. The number of rotatable bonds is 8. The van der Waals surface area contributed by atoms with Gasteiger partial charge in [-0.3, -0.25) is 4.79 Å². The minimum Gasteiger partial charge on any atom is -0.356 e. The molecule has 0 radical (unpaired) electrons. The predicted octanol–water partition coefficient (Wildman–Crippen LogP) is 2.34. The quantitative estimate of drug-likeness (QED) is 0.695. The lowest BCUT2D eigenvalue weighted by Crippen LogP contribution is -2.36. The Balaban J connectivity index is 0. The highest BCUT2D eigenvalue weighted by molar-refractivity contribution is 5.85. The van der Waals surface area contributed by atoms with Gasteiger partial charge in [-0.05, 0) is 12.3 Å². The number of unbranched alkanes of at least 4 members (excludes halogenated alkanes) is 1. The first-order valence-electron chi connectivity index (χ1n) is 6.13. The van der Waals surface area contributed by atoms with Gasteiger partial charge < -0.3 is 11.1 Å². The van der Waals surface area contributed by atoms with Crippen molar-refractivity contribution >= 4 is 18.3 Å². The van der Waals surface area contributed by atoms with Crippen molar-refractivity contribution in [2.24, 2.45) is 17.6 Å². The molecule has 1 amide bonds. The van der Waals surface area contributed by atoms with Gasteiger partial charge in [0, 0.05) is 19.0 Å². The zero-order valence-corrected chi connectivity index (χ0v) is 11.6. The number of nitrogens with two attached hydrogens (primary N) is 1. The molecule has 0 aliphatic carbocycles. The number of nitrogens with one attached hydrogen (secondary N) is 1. The van der Waals surface area contributed by atoms with E-state index in [0.717, 1.165) is 13.0 Å². The Morgan fingerprint density at radius 1 is 1.38 bits per heavy atom. The summed E-state index contributed by atoms with van der Waals surface area (Å²) in [5.74, 6) is 0.653. The second-order valence-electron chi connectivity index (χ2n) is 4.30. The van der Waals surface area contributed by atoms with Gasteiger partial charge >= 0.3 is 0 Å². The molecule has 0 aliphatic heterocycles. The summed E-state index contributed by atoms with van der Waals surface area (Å²) in [5, 5.41) is 2.97. The molecule has 98 valence electrons. The van der Waals surface area contributed by atoms with Crippen molar-refractivity contribution < 1.29 is 4.79 Å². The van der Waals surface area contributed by atoms with E-state index >= 15 is 0 Å². The van der Waals surface area contributed by atoms with E-state index in [1.807, 2.05) is 6.92 Å². The summed E-state index contributed by atoms with van der Waals surface area (Å²) >= 11 is 0. The van der Waals surface area contributed by atoms with Crippen LogP contribution in [0.2, 0.25) is 0 Å². The van der Waals surface area contributed by atoms with Gasteiger partial charge in [-0.1, -0.05) is 40.0 Å². The third-order valence-electron chi connectivity index (χ3n) is 2.91. The van der Waals surface area contributed by atoms with Crippen molar-refractivity contribution in [3.05, 3.63) is 0 Å². The maximum absolute atomic E-state index is 11.5. The van der Waals surface area contributed by atoms with E-state index in [1.54, 1.807) is 0 Å². The van der Waals surface area contributed by atoms with Gasteiger partial charge in [-0.2, -0.15) is 0 Å². The number of carbonyl (C=O) groups excluding carboxylic acids is 1. The lowest BCUT2D eigenvalue weighted by atomic mass is 9.99. The van der Waals surface area contributed by atoms with Crippen LogP contribution in [0.1, 0.15) is 46.5 Å². The molecule has 4 heteroatoms. The first kappa shape index (κ1) is 18.1. The molecular formula is C12H27ClN2O. The molecule has 0 aromatic rings. The van der Waals surface area contributed by atoms with Crippen molar-refractivity contribution in [1.29, 1.82) is 0 Å². The zero-order chi connectivity index (χ0) is 11.7. The number of hydrogen-bond donors (Lipinski definition) is 2. The number of halogens is 1. The van der Waals surface area contributed by atoms with Crippen LogP contribution in [0, 0.1) is 11.8 Å². The van der Waals surface area contributed by atoms with Crippen LogP contribution in [-0.4, -0.2) is 19.0 Å². The Labute approximate surface area is 106 Å². The molecule has 0 rings (SSSR count). The summed E-state index contributed by atoms with van der Waals surface area (Å²) in [7, 11) is 0. The maximum atomic E-state index is 11.5. The highest BCUT2D eigenvalue weighted by atomic mass is 35.5. The Kier molecular flexibility index (Phi) is 12.7. The lowest BCUT2D eigenvalue weighted by Gasteiger charge is -2.16. The third-order valence-corrected chi connectivity index (χ3v) is 2.91. The van der Waals surface area contributed by atoms with E-state index in [2.05, 4.69) is 19.2 Å². The van der Waals surface area contributed by atoms with Crippen molar-refractivity contribution in [1.82, 2.24) is 5.32 Å². The summed E-state index contributed by atoms with van der Waals surface area (Å²) in [4.78, 5) is 11.5. The van der Waals surface area contributed by atoms with Crippen LogP contribution in [0.3, 0.4) is 0 Å². The van der Waals surface area contributed by atoms with Crippen LogP contribution < -0.4 is 11.1 Å². The maximum Gasteiger partial charge on any atom is 0.224 e. The molecule has 0 heterocycles. The largest absolute Gasteiger partial charge is 0.356 e. The smallest absolute Gasteiger partial charge is 0.224 e. The Bertz CT molecular complexity index is 176. The lowest BCUT2D eigenvalue weighted by molar-refractivity contribution is -0.124. The summed E-state index contributed by atoms with van der Waals surface area (Å²) in [6.45, 7) is 7.47. The molecule has 3 N–H and O–H groups in total. The molecule has 2 unspecified atom stereocenters. The average molecular weight is 251 g/mol. The molecule has 0 saturated heterocycles. The SMILES string of the molecule is CCCCC(CC)CNC(=O)C(C)CN.Cl. The normalized spacial score (nSPS) is 13.8. The van der Waals surface area contributed by atoms with Crippen molar-refractivity contribution in [3.63, 3.8) is 0 Å². The first-order valence-corrected chi connectivity index (χ1v) is 6.13.